The third kappa shape index (κ3) is 37.2. The Morgan fingerprint density at radius 3 is 0.737 bits per heavy atom. The second-order valence-corrected chi connectivity index (χ2v) is 15.6. The fourth-order valence-corrected chi connectivity index (χ4v) is 4.57. The molecule has 0 fully saturated rings. The molecule has 0 aliphatic heterocycles. The zero-order valence-corrected chi connectivity index (χ0v) is 33.5. The van der Waals surface area contributed by atoms with Crippen molar-refractivity contribution in [2.45, 2.75) is 155 Å². The van der Waals surface area contributed by atoms with E-state index >= 15 is 0 Å². The van der Waals surface area contributed by atoms with E-state index < -0.39 is 39.8 Å². The molecule has 0 aromatic heterocycles. The summed E-state index contributed by atoms with van der Waals surface area (Å²) in [5.74, 6) is 0. The van der Waals surface area contributed by atoms with Crippen LogP contribution < -0.4 is 29.4 Å². The zero-order valence-electron chi connectivity index (χ0n) is 24.4. The molecule has 0 aliphatic carbocycles. The van der Waals surface area contributed by atoms with Gasteiger partial charge in [0.25, 0.3) is 0 Å². The first-order valence-electron chi connectivity index (χ1n) is 13.5. The molecule has 0 bridgehead atoms. The van der Waals surface area contributed by atoms with Gasteiger partial charge in [-0.25, -0.2) is 0 Å². The van der Waals surface area contributed by atoms with Crippen LogP contribution in [0.25, 0.3) is 0 Å². The molecular formula is C24H51Nd2O9P3. The van der Waals surface area contributed by atoms with Gasteiger partial charge < -0.3 is 43.1 Å². The maximum Gasteiger partial charge on any atom is 3.00 e. The normalized spacial score (nSPS) is 13.9. The maximum absolute atomic E-state index is 10.5. The third-order valence-electron chi connectivity index (χ3n) is 6.05. The first kappa shape index (κ1) is 50.8. The summed E-state index contributed by atoms with van der Waals surface area (Å²) in [6.45, 7) is 10.8. The number of rotatable bonds is 18. The maximum atomic E-state index is 10.5. The van der Waals surface area contributed by atoms with Crippen molar-refractivity contribution < 1.29 is 125 Å². The Labute approximate surface area is 298 Å². The second-order valence-electron chi connectivity index (χ2n) is 9.71. The molecule has 0 amide bonds. The van der Waals surface area contributed by atoms with E-state index in [9.17, 15) is 43.1 Å². The van der Waals surface area contributed by atoms with Gasteiger partial charge in [0, 0.05) is 0 Å². The van der Waals surface area contributed by atoms with Crippen LogP contribution in [0.4, 0.5) is 0 Å². The van der Waals surface area contributed by atoms with Gasteiger partial charge in [-0.3, -0.25) is 0 Å². The first-order valence-corrected chi connectivity index (χ1v) is 18.3. The number of hydrogen-bond acceptors (Lipinski definition) is 9. The monoisotopic (exact) mass is 860 g/mol. The quantitative estimate of drug-likeness (QED) is 0.146. The van der Waals surface area contributed by atoms with Crippen LogP contribution in [0, 0.1) is 81.7 Å². The third-order valence-corrected chi connectivity index (χ3v) is 10.1. The molecule has 38 heavy (non-hydrogen) atoms. The number of hydrogen-bond donors (Lipinski definition) is 0. The van der Waals surface area contributed by atoms with Crippen LogP contribution in [-0.4, -0.2) is 17.0 Å². The van der Waals surface area contributed by atoms with Crippen molar-refractivity contribution in [1.29, 1.82) is 0 Å². The van der Waals surface area contributed by atoms with Gasteiger partial charge in [-0.1, -0.05) is 141 Å². The van der Waals surface area contributed by atoms with E-state index in [1.54, 1.807) is 0 Å². The van der Waals surface area contributed by atoms with Gasteiger partial charge in [0.05, 0.1) is 0 Å². The molecule has 0 saturated heterocycles. The van der Waals surface area contributed by atoms with E-state index in [0.29, 0.717) is 19.3 Å². The fourth-order valence-electron chi connectivity index (χ4n) is 3.07. The summed E-state index contributed by atoms with van der Waals surface area (Å²) in [4.78, 5) is 62.8. The van der Waals surface area contributed by atoms with Gasteiger partial charge in [-0.05, 0) is 36.2 Å². The molecule has 0 saturated carbocycles. The van der Waals surface area contributed by atoms with Gasteiger partial charge in [0.15, 0.2) is 0 Å². The fraction of sp³-hybridized carbons (Fsp3) is 1.00. The molecule has 2 radical (unpaired) electrons. The summed E-state index contributed by atoms with van der Waals surface area (Å²) >= 11 is 0. The van der Waals surface area contributed by atoms with Crippen LogP contribution in [0.2, 0.25) is 0 Å². The molecule has 14 heteroatoms. The van der Waals surface area contributed by atoms with Gasteiger partial charge in [0.1, 0.15) is 0 Å². The molecule has 0 aromatic rings. The van der Waals surface area contributed by atoms with Crippen molar-refractivity contribution in [2.75, 3.05) is 0 Å². The van der Waals surface area contributed by atoms with Crippen LogP contribution in [0.15, 0.2) is 0 Å². The molecule has 0 spiro atoms. The van der Waals surface area contributed by atoms with E-state index in [0.717, 1.165) is 77.0 Å². The second kappa shape index (κ2) is 30.2. The van der Waals surface area contributed by atoms with Gasteiger partial charge in [0.2, 0.25) is 0 Å². The van der Waals surface area contributed by atoms with E-state index in [1.807, 2.05) is 0 Å². The van der Waals surface area contributed by atoms with Crippen LogP contribution in [-0.2, 0) is 13.7 Å². The first-order chi connectivity index (χ1) is 16.4. The van der Waals surface area contributed by atoms with E-state index in [1.165, 1.54) is 20.8 Å². The molecule has 9 nitrogen and oxygen atoms in total. The smallest absolute Gasteiger partial charge is 0.811 e. The van der Waals surface area contributed by atoms with Crippen LogP contribution in [0.1, 0.15) is 138 Å². The summed E-state index contributed by atoms with van der Waals surface area (Å²) in [5, 5.41) is 0. The molecule has 224 valence electrons. The van der Waals surface area contributed by atoms with Gasteiger partial charge in [-0.2, -0.15) is 0 Å². The summed E-state index contributed by atoms with van der Waals surface area (Å²) in [5.41, 5.74) is -2.06. The zero-order chi connectivity index (χ0) is 28.8. The van der Waals surface area contributed by atoms with E-state index in [4.69, 9.17) is 0 Å². The van der Waals surface area contributed by atoms with Crippen LogP contribution in [0.3, 0.4) is 0 Å². The van der Waals surface area contributed by atoms with Gasteiger partial charge >= 0.3 is 81.7 Å². The Balaban J connectivity index is -0.000000140. The average Bonchev–Trinajstić information content (AvgIpc) is 2.75. The summed E-state index contributed by atoms with van der Waals surface area (Å²) in [7, 11) is -12.9. The van der Waals surface area contributed by atoms with Crippen molar-refractivity contribution in [1.82, 2.24) is 0 Å². The summed E-state index contributed by atoms with van der Waals surface area (Å²) < 4.78 is 31.4. The Bertz CT molecular complexity index is 554. The molecule has 0 heterocycles. The SMILES string of the molecule is CCCCCCC(C)P(=O)([O-])[O-].CCCCCCC(C)P(=O)([O-])[O-].CCCCCCC(C)P(=O)([O-])[O-].[Nd+3].[Nd+3]. The van der Waals surface area contributed by atoms with Crippen molar-refractivity contribution >= 4 is 22.8 Å². The minimum atomic E-state index is -4.31. The Morgan fingerprint density at radius 1 is 0.421 bits per heavy atom. The van der Waals surface area contributed by atoms with Crippen molar-refractivity contribution in [3.63, 3.8) is 0 Å². The summed E-state index contributed by atoms with van der Waals surface area (Å²) in [6.07, 6.45) is 13.9. The molecule has 3 unspecified atom stereocenters. The molecule has 0 aliphatic rings. The van der Waals surface area contributed by atoms with E-state index in [2.05, 4.69) is 20.8 Å². The molecule has 0 N–H and O–H groups in total. The predicted molar refractivity (Wildman–Crippen MR) is 137 cm³/mol. The van der Waals surface area contributed by atoms with E-state index in [-0.39, 0.29) is 81.7 Å². The molecule has 0 rings (SSSR count). The topological polar surface area (TPSA) is 190 Å². The predicted octanol–water partition coefficient (Wildman–Crippen LogP) is 3.78. The van der Waals surface area contributed by atoms with Gasteiger partial charge in [-0.15, -0.1) is 0 Å². The molecular weight excluding hydrogens is 814 g/mol. The molecule has 0 aromatic carbocycles. The Morgan fingerprint density at radius 2 is 0.605 bits per heavy atom. The number of unbranched alkanes of at least 4 members (excludes halogenated alkanes) is 9. The van der Waals surface area contributed by atoms with Crippen molar-refractivity contribution in [3.05, 3.63) is 0 Å². The van der Waals surface area contributed by atoms with Crippen LogP contribution >= 0.6 is 22.8 Å². The average molecular weight is 865 g/mol. The van der Waals surface area contributed by atoms with Crippen molar-refractivity contribution in [2.24, 2.45) is 0 Å². The van der Waals surface area contributed by atoms with Crippen molar-refractivity contribution in [3.8, 4) is 0 Å². The minimum Gasteiger partial charge on any atom is -0.811 e. The summed E-state index contributed by atoms with van der Waals surface area (Å²) in [6, 6.07) is 0. The standard InChI is InChI=1S/3C8H19O3P.2Nd/c3*1-3-4-5-6-7-8(2)12(9,10)11;;/h3*8H,3-7H2,1-2H3,(H2,9,10,11);;/q;;;2*+3/p-6. The Hall–Kier alpha value is 3.15. The minimum absolute atomic E-state index is 0. The van der Waals surface area contributed by atoms with Crippen LogP contribution in [0.5, 0.6) is 0 Å². The largest absolute Gasteiger partial charge is 3.00 e. The Kier molecular flexibility index (Phi) is 40.3. The molecule has 3 atom stereocenters.